The van der Waals surface area contributed by atoms with Crippen LogP contribution in [0.1, 0.15) is 43.5 Å². The fraction of sp³-hybridized carbons (Fsp3) is 0.471. The molecule has 1 aromatic carbocycles. The molecular weight excluding hydrogens is 308 g/mol. The molecule has 0 aliphatic carbocycles. The molecule has 0 aliphatic heterocycles. The molecule has 0 unspecified atom stereocenters. The summed E-state index contributed by atoms with van der Waals surface area (Å²) >= 11 is 0. The molecule has 1 rings (SSSR count). The molecule has 24 heavy (non-hydrogen) atoms. The number of carbonyl (C=O) groups excluding carboxylic acids is 3. The summed E-state index contributed by atoms with van der Waals surface area (Å²) in [7, 11) is 0. The highest BCUT2D eigenvalue weighted by atomic mass is 16.2. The first-order chi connectivity index (χ1) is 11.4. The quantitative estimate of drug-likeness (QED) is 0.517. The topological polar surface area (TPSA) is 113 Å². The van der Waals surface area contributed by atoms with E-state index in [0.717, 1.165) is 0 Å². The highest BCUT2D eigenvalue weighted by molar-refractivity contribution is 6.03. The van der Waals surface area contributed by atoms with Crippen molar-refractivity contribution in [3.8, 4) is 0 Å². The third kappa shape index (κ3) is 7.62. The minimum atomic E-state index is -0.569. The number of nitrogens with two attached hydrogens (primary N) is 1. The molecule has 0 aliphatic rings. The third-order valence-electron chi connectivity index (χ3n) is 3.25. The van der Waals surface area contributed by atoms with Crippen LogP contribution in [0.2, 0.25) is 0 Å². The molecule has 0 spiro atoms. The Morgan fingerprint density at radius 3 is 2.46 bits per heavy atom. The molecule has 0 saturated carbocycles. The highest BCUT2D eigenvalue weighted by Crippen LogP contribution is 2.15. The number of unbranched alkanes of at least 4 members (excludes halogenated alkanes) is 1. The summed E-state index contributed by atoms with van der Waals surface area (Å²) in [5.74, 6) is -0.0202. The molecule has 7 heteroatoms. The predicted octanol–water partition coefficient (Wildman–Crippen LogP) is 1.85. The van der Waals surface area contributed by atoms with Crippen LogP contribution in [0.3, 0.4) is 0 Å². The van der Waals surface area contributed by atoms with Gasteiger partial charge in [-0.2, -0.15) is 0 Å². The number of hydrogen-bond acceptors (Lipinski definition) is 3. The Kier molecular flexibility index (Phi) is 8.32. The van der Waals surface area contributed by atoms with E-state index in [1.54, 1.807) is 24.3 Å². The van der Waals surface area contributed by atoms with Crippen molar-refractivity contribution in [1.82, 2.24) is 10.6 Å². The fourth-order valence-electron chi connectivity index (χ4n) is 2.02. The van der Waals surface area contributed by atoms with E-state index in [1.165, 1.54) is 0 Å². The lowest BCUT2D eigenvalue weighted by Gasteiger charge is -2.12. The van der Waals surface area contributed by atoms with E-state index in [0.29, 0.717) is 49.5 Å². The molecule has 5 N–H and O–H groups in total. The van der Waals surface area contributed by atoms with Gasteiger partial charge in [0.25, 0.3) is 5.91 Å². The second-order valence-electron chi connectivity index (χ2n) is 5.95. The van der Waals surface area contributed by atoms with E-state index in [-0.39, 0.29) is 11.8 Å². The monoisotopic (exact) mass is 334 g/mol. The van der Waals surface area contributed by atoms with Gasteiger partial charge < -0.3 is 21.7 Å². The molecule has 1 aromatic rings. The van der Waals surface area contributed by atoms with Gasteiger partial charge in [-0.05, 0) is 30.9 Å². The van der Waals surface area contributed by atoms with Crippen molar-refractivity contribution in [2.24, 2.45) is 11.7 Å². The first-order valence-electron chi connectivity index (χ1n) is 8.10. The van der Waals surface area contributed by atoms with Crippen LogP contribution in [0.15, 0.2) is 24.3 Å². The molecule has 0 heterocycles. The maximum absolute atomic E-state index is 12.2. The van der Waals surface area contributed by atoms with Crippen LogP contribution in [0.4, 0.5) is 10.5 Å². The Labute approximate surface area is 142 Å². The minimum Gasteiger partial charge on any atom is -0.352 e. The molecule has 0 radical (unpaired) electrons. The van der Waals surface area contributed by atoms with Gasteiger partial charge in [0.05, 0.1) is 11.3 Å². The van der Waals surface area contributed by atoms with Crippen molar-refractivity contribution >= 4 is 23.5 Å². The molecule has 0 saturated heterocycles. The number of urea groups is 1. The summed E-state index contributed by atoms with van der Waals surface area (Å²) in [6.07, 6.45) is 1.59. The van der Waals surface area contributed by atoms with Crippen LogP contribution < -0.4 is 21.7 Å². The zero-order chi connectivity index (χ0) is 17.9. The van der Waals surface area contributed by atoms with Crippen molar-refractivity contribution in [2.75, 3.05) is 18.4 Å². The van der Waals surface area contributed by atoms with Crippen LogP contribution in [-0.4, -0.2) is 30.9 Å². The summed E-state index contributed by atoms with van der Waals surface area (Å²) in [6, 6.07) is 6.35. The van der Waals surface area contributed by atoms with Crippen LogP contribution in [-0.2, 0) is 4.79 Å². The van der Waals surface area contributed by atoms with E-state index >= 15 is 0 Å². The maximum Gasteiger partial charge on any atom is 0.312 e. The molecule has 4 amide bonds. The van der Waals surface area contributed by atoms with Gasteiger partial charge in [0.1, 0.15) is 0 Å². The zero-order valence-corrected chi connectivity index (χ0v) is 14.2. The number of carbonyl (C=O) groups is 3. The van der Waals surface area contributed by atoms with Crippen LogP contribution in [0, 0.1) is 5.92 Å². The Morgan fingerprint density at radius 1 is 1.08 bits per heavy atom. The Bertz CT molecular complexity index is 573. The highest BCUT2D eigenvalue weighted by Gasteiger charge is 2.13. The van der Waals surface area contributed by atoms with E-state index in [2.05, 4.69) is 16.0 Å². The standard InChI is InChI=1S/C17H26N4O3/c1-12(2)11-20-16(23)13-7-3-4-8-14(13)21-15(22)9-5-6-10-19-17(18)24/h3-4,7-8,12H,5-6,9-11H2,1-2H3,(H,20,23)(H,21,22)(H3,18,19,24). The third-order valence-corrected chi connectivity index (χ3v) is 3.25. The van der Waals surface area contributed by atoms with E-state index < -0.39 is 6.03 Å². The van der Waals surface area contributed by atoms with Gasteiger partial charge >= 0.3 is 6.03 Å². The molecule has 7 nitrogen and oxygen atoms in total. The Hall–Kier alpha value is -2.57. The summed E-state index contributed by atoms with van der Waals surface area (Å²) in [4.78, 5) is 34.7. The van der Waals surface area contributed by atoms with Crippen molar-refractivity contribution in [1.29, 1.82) is 0 Å². The normalized spacial score (nSPS) is 10.3. The lowest BCUT2D eigenvalue weighted by Crippen LogP contribution is -2.30. The van der Waals surface area contributed by atoms with E-state index in [4.69, 9.17) is 5.73 Å². The molecule has 0 fully saturated rings. The van der Waals surface area contributed by atoms with E-state index in [1.807, 2.05) is 13.8 Å². The molecule has 132 valence electrons. The zero-order valence-electron chi connectivity index (χ0n) is 14.2. The van der Waals surface area contributed by atoms with Crippen LogP contribution >= 0.6 is 0 Å². The number of hydrogen-bond donors (Lipinski definition) is 4. The predicted molar refractivity (Wildman–Crippen MR) is 93.7 cm³/mol. The van der Waals surface area contributed by atoms with Crippen LogP contribution in [0.25, 0.3) is 0 Å². The largest absolute Gasteiger partial charge is 0.352 e. The van der Waals surface area contributed by atoms with Crippen molar-refractivity contribution in [3.63, 3.8) is 0 Å². The van der Waals surface area contributed by atoms with Gasteiger partial charge in [-0.1, -0.05) is 26.0 Å². The lowest BCUT2D eigenvalue weighted by atomic mass is 10.1. The Morgan fingerprint density at radius 2 is 1.79 bits per heavy atom. The molecule has 0 bridgehead atoms. The van der Waals surface area contributed by atoms with Gasteiger partial charge in [-0.3, -0.25) is 9.59 Å². The van der Waals surface area contributed by atoms with Gasteiger partial charge in [-0.15, -0.1) is 0 Å². The average Bonchev–Trinajstić information content (AvgIpc) is 2.52. The van der Waals surface area contributed by atoms with Crippen molar-refractivity contribution in [2.45, 2.75) is 33.1 Å². The number of para-hydroxylation sites is 1. The summed E-state index contributed by atoms with van der Waals surface area (Å²) in [5.41, 5.74) is 5.90. The number of rotatable bonds is 9. The second kappa shape index (κ2) is 10.3. The van der Waals surface area contributed by atoms with Gasteiger partial charge in [0, 0.05) is 19.5 Å². The van der Waals surface area contributed by atoms with E-state index in [9.17, 15) is 14.4 Å². The summed E-state index contributed by atoms with van der Waals surface area (Å²) in [6.45, 7) is 5.05. The number of nitrogens with one attached hydrogen (secondary N) is 3. The summed E-state index contributed by atoms with van der Waals surface area (Å²) < 4.78 is 0. The molecule has 0 aromatic heterocycles. The lowest BCUT2D eigenvalue weighted by molar-refractivity contribution is -0.116. The van der Waals surface area contributed by atoms with Gasteiger partial charge in [0.2, 0.25) is 5.91 Å². The summed E-state index contributed by atoms with van der Waals surface area (Å²) in [5, 5.41) is 8.08. The van der Waals surface area contributed by atoms with Gasteiger partial charge in [0.15, 0.2) is 0 Å². The number of benzene rings is 1. The SMILES string of the molecule is CC(C)CNC(=O)c1ccccc1NC(=O)CCCCNC(N)=O. The molecular formula is C17H26N4O3. The second-order valence-corrected chi connectivity index (χ2v) is 5.95. The first-order valence-corrected chi connectivity index (χ1v) is 8.10. The van der Waals surface area contributed by atoms with Crippen molar-refractivity contribution in [3.05, 3.63) is 29.8 Å². The van der Waals surface area contributed by atoms with Crippen molar-refractivity contribution < 1.29 is 14.4 Å². The smallest absolute Gasteiger partial charge is 0.312 e. The minimum absolute atomic E-state index is 0.168. The molecule has 0 atom stereocenters. The number of anilines is 1. The average molecular weight is 334 g/mol. The fourth-order valence-corrected chi connectivity index (χ4v) is 2.02. The Balaban J connectivity index is 2.50. The maximum atomic E-state index is 12.2. The number of primary amides is 1. The number of amides is 4. The van der Waals surface area contributed by atoms with Gasteiger partial charge in [-0.25, -0.2) is 4.79 Å². The van der Waals surface area contributed by atoms with Crippen LogP contribution in [0.5, 0.6) is 0 Å². The first kappa shape index (κ1) is 19.5.